The average molecular weight is 464 g/mol. The molecule has 0 unspecified atom stereocenters. The lowest BCUT2D eigenvalue weighted by Crippen LogP contribution is -2.50. The normalized spacial score (nSPS) is 13.2. The number of nitrogens with two attached hydrogens (primary N) is 1. The summed E-state index contributed by atoms with van der Waals surface area (Å²) >= 11 is 0. The van der Waals surface area contributed by atoms with Gasteiger partial charge >= 0.3 is 0 Å². The van der Waals surface area contributed by atoms with Crippen molar-refractivity contribution in [1.29, 1.82) is 5.26 Å². The van der Waals surface area contributed by atoms with Gasteiger partial charge in [-0.15, -0.1) is 0 Å². The van der Waals surface area contributed by atoms with Crippen LogP contribution in [-0.2, 0) is 26.2 Å². The molecule has 8 nitrogen and oxygen atoms in total. The lowest BCUT2D eigenvalue weighted by Gasteiger charge is -2.27. The van der Waals surface area contributed by atoms with Crippen LogP contribution in [0.2, 0.25) is 0 Å². The zero-order valence-electron chi connectivity index (χ0n) is 17.4. The Morgan fingerprint density at radius 2 is 1.69 bits per heavy atom. The number of hydrogen-bond acceptors (Lipinski definition) is 5. The second-order valence-corrected chi connectivity index (χ2v) is 9.14. The maximum Gasteiger partial charge on any atom is 0.239 e. The number of sulfonamides is 1. The van der Waals surface area contributed by atoms with Crippen molar-refractivity contribution in [3.8, 4) is 17.2 Å². The Hall–Kier alpha value is -3.36. The third-order valence-corrected chi connectivity index (χ3v) is 5.90. The van der Waals surface area contributed by atoms with Crippen LogP contribution >= 0.6 is 0 Å². The molecule has 11 heteroatoms. The van der Waals surface area contributed by atoms with Crippen LogP contribution in [0.25, 0.3) is 11.1 Å². The highest BCUT2D eigenvalue weighted by molar-refractivity contribution is 7.88. The quantitative estimate of drug-likeness (QED) is 0.582. The maximum atomic E-state index is 13.4. The number of primary amides is 1. The van der Waals surface area contributed by atoms with Crippen LogP contribution in [0.5, 0.6) is 0 Å². The van der Waals surface area contributed by atoms with Gasteiger partial charge in [0.15, 0.2) is 0 Å². The van der Waals surface area contributed by atoms with E-state index in [1.807, 2.05) is 0 Å². The molecule has 2 rings (SSSR count). The molecule has 0 aromatic heterocycles. The molecule has 0 fully saturated rings. The summed E-state index contributed by atoms with van der Waals surface area (Å²) in [5.41, 5.74) is 6.39. The monoisotopic (exact) mass is 464 g/mol. The van der Waals surface area contributed by atoms with Crippen molar-refractivity contribution in [2.24, 2.45) is 5.73 Å². The zero-order valence-corrected chi connectivity index (χ0v) is 18.2. The number of carbonyl (C=O) groups is 2. The molecule has 32 heavy (non-hydrogen) atoms. The standard InChI is InChI=1S/C21H22F2N4O4S/c1-13(21(29)26-19(11-24)10-20(25)28)27(32(2,30)31)12-14-3-5-15(6-4-14)16-7-17(22)9-18(23)8-16/h3-9,13,19H,10,12H2,1-2H3,(H2,25,28)(H,26,29)/t13-,19-/m0/s1. The van der Waals surface area contributed by atoms with Gasteiger partial charge in [-0.25, -0.2) is 17.2 Å². The number of nitrogens with zero attached hydrogens (tertiary/aromatic N) is 2. The Morgan fingerprint density at radius 1 is 1.12 bits per heavy atom. The molecule has 2 aromatic rings. The number of benzene rings is 2. The molecule has 0 saturated heterocycles. The first kappa shape index (κ1) is 24.9. The fourth-order valence-corrected chi connectivity index (χ4v) is 4.05. The molecule has 0 spiro atoms. The molecule has 0 aliphatic heterocycles. The second kappa shape index (κ2) is 10.3. The average Bonchev–Trinajstić information content (AvgIpc) is 2.69. The number of rotatable bonds is 9. The van der Waals surface area contributed by atoms with Crippen LogP contribution in [0.3, 0.4) is 0 Å². The molecular weight excluding hydrogens is 442 g/mol. The molecule has 0 aliphatic carbocycles. The van der Waals surface area contributed by atoms with Gasteiger partial charge in [0.2, 0.25) is 21.8 Å². The highest BCUT2D eigenvalue weighted by Gasteiger charge is 2.30. The SMILES string of the molecule is C[C@@H](C(=O)N[C@H](C#N)CC(N)=O)N(Cc1ccc(-c2cc(F)cc(F)c2)cc1)S(C)(=O)=O. The summed E-state index contributed by atoms with van der Waals surface area (Å²) < 4.78 is 52.4. The topological polar surface area (TPSA) is 133 Å². The lowest BCUT2D eigenvalue weighted by atomic mass is 10.0. The van der Waals surface area contributed by atoms with Crippen LogP contribution in [0, 0.1) is 23.0 Å². The molecule has 0 radical (unpaired) electrons. The van der Waals surface area contributed by atoms with Crippen molar-refractivity contribution in [3.63, 3.8) is 0 Å². The maximum absolute atomic E-state index is 13.4. The van der Waals surface area contributed by atoms with E-state index in [0.717, 1.165) is 16.6 Å². The molecule has 0 aliphatic rings. The Balaban J connectivity index is 2.21. The highest BCUT2D eigenvalue weighted by atomic mass is 32.2. The van der Waals surface area contributed by atoms with Gasteiger partial charge in [-0.1, -0.05) is 24.3 Å². The zero-order chi connectivity index (χ0) is 24.1. The summed E-state index contributed by atoms with van der Waals surface area (Å²) in [5, 5.41) is 11.3. The van der Waals surface area contributed by atoms with Crippen LogP contribution in [-0.4, -0.2) is 42.9 Å². The van der Waals surface area contributed by atoms with E-state index in [1.54, 1.807) is 30.3 Å². The Morgan fingerprint density at radius 3 is 2.16 bits per heavy atom. The van der Waals surface area contributed by atoms with Crippen LogP contribution in [0.15, 0.2) is 42.5 Å². The number of amides is 2. The largest absolute Gasteiger partial charge is 0.370 e. The van der Waals surface area contributed by atoms with Gasteiger partial charge in [0, 0.05) is 12.6 Å². The van der Waals surface area contributed by atoms with E-state index >= 15 is 0 Å². The van der Waals surface area contributed by atoms with E-state index in [0.29, 0.717) is 16.7 Å². The van der Waals surface area contributed by atoms with Crippen LogP contribution < -0.4 is 11.1 Å². The number of halogens is 2. The van der Waals surface area contributed by atoms with Gasteiger partial charge in [0.25, 0.3) is 0 Å². The van der Waals surface area contributed by atoms with Crippen molar-refractivity contribution in [1.82, 2.24) is 9.62 Å². The van der Waals surface area contributed by atoms with Gasteiger partial charge in [0.05, 0.1) is 18.7 Å². The van der Waals surface area contributed by atoms with E-state index in [-0.39, 0.29) is 6.54 Å². The number of carbonyl (C=O) groups excluding carboxylic acids is 2. The molecule has 2 aromatic carbocycles. The third-order valence-electron chi connectivity index (χ3n) is 4.60. The van der Waals surface area contributed by atoms with Gasteiger partial charge < -0.3 is 11.1 Å². The summed E-state index contributed by atoms with van der Waals surface area (Å²) in [4.78, 5) is 23.5. The lowest BCUT2D eigenvalue weighted by molar-refractivity contribution is -0.125. The highest BCUT2D eigenvalue weighted by Crippen LogP contribution is 2.23. The molecule has 0 saturated carbocycles. The molecule has 0 heterocycles. The summed E-state index contributed by atoms with van der Waals surface area (Å²) in [7, 11) is -3.85. The van der Waals surface area contributed by atoms with Crippen molar-refractivity contribution in [2.45, 2.75) is 32.0 Å². The van der Waals surface area contributed by atoms with Crippen molar-refractivity contribution in [3.05, 3.63) is 59.7 Å². The van der Waals surface area contributed by atoms with E-state index in [9.17, 15) is 26.8 Å². The van der Waals surface area contributed by atoms with Gasteiger partial charge in [0.1, 0.15) is 23.7 Å². The first-order chi connectivity index (χ1) is 14.9. The molecule has 2 amide bonds. The fraction of sp³-hybridized carbons (Fsp3) is 0.286. The van der Waals surface area contributed by atoms with Gasteiger partial charge in [-0.05, 0) is 35.7 Å². The predicted octanol–water partition coefficient (Wildman–Crippen LogP) is 1.67. The van der Waals surface area contributed by atoms with Gasteiger partial charge in [-0.2, -0.15) is 9.57 Å². The molecular formula is C21H22F2N4O4S. The molecule has 2 atom stereocenters. The summed E-state index contributed by atoms with van der Waals surface area (Å²) in [6.07, 6.45) is 0.530. The van der Waals surface area contributed by atoms with Crippen molar-refractivity contribution >= 4 is 21.8 Å². The summed E-state index contributed by atoms with van der Waals surface area (Å²) in [6.45, 7) is 1.18. The third kappa shape index (κ3) is 6.83. The number of nitrogens with one attached hydrogen (secondary N) is 1. The number of nitriles is 1. The van der Waals surface area contributed by atoms with E-state index < -0.39 is 52.0 Å². The van der Waals surface area contributed by atoms with Gasteiger partial charge in [-0.3, -0.25) is 9.59 Å². The van der Waals surface area contributed by atoms with Crippen LogP contribution in [0.4, 0.5) is 8.78 Å². The summed E-state index contributed by atoms with van der Waals surface area (Å²) in [6, 6.07) is 8.75. The fourth-order valence-electron chi connectivity index (χ4n) is 3.00. The van der Waals surface area contributed by atoms with Crippen molar-refractivity contribution < 1.29 is 26.8 Å². The second-order valence-electron chi connectivity index (χ2n) is 7.20. The Bertz CT molecular complexity index is 1130. The summed E-state index contributed by atoms with van der Waals surface area (Å²) in [5.74, 6) is -3.00. The smallest absolute Gasteiger partial charge is 0.239 e. The van der Waals surface area contributed by atoms with Crippen LogP contribution in [0.1, 0.15) is 18.9 Å². The first-order valence-electron chi connectivity index (χ1n) is 9.41. The van der Waals surface area contributed by atoms with Crippen molar-refractivity contribution in [2.75, 3.05) is 6.26 Å². The minimum Gasteiger partial charge on any atom is -0.370 e. The van der Waals surface area contributed by atoms with E-state index in [2.05, 4.69) is 5.32 Å². The minimum absolute atomic E-state index is 0.168. The molecule has 0 bridgehead atoms. The Kier molecular flexibility index (Phi) is 8.02. The van der Waals surface area contributed by atoms with E-state index in [1.165, 1.54) is 19.1 Å². The van der Waals surface area contributed by atoms with E-state index in [4.69, 9.17) is 11.0 Å². The minimum atomic E-state index is -3.85. The Labute approximate surface area is 184 Å². The predicted molar refractivity (Wildman–Crippen MR) is 113 cm³/mol. The molecule has 170 valence electrons. The molecule has 3 N–H and O–H groups in total. The first-order valence-corrected chi connectivity index (χ1v) is 11.3. The number of hydrogen-bond donors (Lipinski definition) is 2.